The van der Waals surface area contributed by atoms with Gasteiger partial charge in [0.1, 0.15) is 0 Å². The lowest BCUT2D eigenvalue weighted by molar-refractivity contribution is 0.576. The average molecular weight is 251 g/mol. The summed E-state index contributed by atoms with van der Waals surface area (Å²) in [5.74, 6) is 0.179. The lowest BCUT2D eigenvalue weighted by Gasteiger charge is -2.21. The third-order valence-electron chi connectivity index (χ3n) is 2.72. The van der Waals surface area contributed by atoms with E-state index in [1.54, 1.807) is 18.3 Å². The summed E-state index contributed by atoms with van der Waals surface area (Å²) >= 11 is 0. The molecule has 0 unspecified atom stereocenters. The van der Waals surface area contributed by atoms with Gasteiger partial charge in [0.05, 0.1) is 0 Å². The van der Waals surface area contributed by atoms with Crippen molar-refractivity contribution in [3.8, 4) is 0 Å². The summed E-state index contributed by atoms with van der Waals surface area (Å²) in [4.78, 5) is 6.00. The molecule has 18 heavy (non-hydrogen) atoms. The SMILES string of the molecule is C=CCN(CC)c1nccc(CNCCC)c1F. The topological polar surface area (TPSA) is 28.2 Å². The predicted octanol–water partition coefficient (Wildman–Crippen LogP) is 2.73. The average Bonchev–Trinajstić information content (AvgIpc) is 2.39. The minimum absolute atomic E-state index is 0.232. The second kappa shape index (κ2) is 7.82. The van der Waals surface area contributed by atoms with Crippen LogP contribution in [0.2, 0.25) is 0 Å². The van der Waals surface area contributed by atoms with Crippen LogP contribution in [0.4, 0.5) is 10.2 Å². The van der Waals surface area contributed by atoms with Crippen LogP contribution in [0.3, 0.4) is 0 Å². The first-order valence-corrected chi connectivity index (χ1v) is 6.44. The van der Waals surface area contributed by atoms with Crippen molar-refractivity contribution in [3.05, 3.63) is 36.3 Å². The number of nitrogens with one attached hydrogen (secondary N) is 1. The maximum Gasteiger partial charge on any atom is 0.170 e. The fourth-order valence-electron chi connectivity index (χ4n) is 1.75. The third-order valence-corrected chi connectivity index (χ3v) is 2.72. The Morgan fingerprint density at radius 2 is 2.28 bits per heavy atom. The van der Waals surface area contributed by atoms with Gasteiger partial charge < -0.3 is 10.2 Å². The van der Waals surface area contributed by atoms with Gasteiger partial charge in [-0.2, -0.15) is 0 Å². The molecule has 4 heteroatoms. The minimum Gasteiger partial charge on any atom is -0.351 e. The molecule has 0 fully saturated rings. The van der Waals surface area contributed by atoms with Crippen molar-refractivity contribution in [1.29, 1.82) is 0 Å². The van der Waals surface area contributed by atoms with E-state index in [0.717, 1.165) is 13.0 Å². The Morgan fingerprint density at radius 1 is 1.50 bits per heavy atom. The number of rotatable bonds is 8. The van der Waals surface area contributed by atoms with E-state index in [2.05, 4.69) is 23.8 Å². The number of likely N-dealkylation sites (N-methyl/N-ethyl adjacent to an activating group) is 1. The van der Waals surface area contributed by atoms with E-state index < -0.39 is 0 Å². The second-order valence-electron chi connectivity index (χ2n) is 4.11. The Morgan fingerprint density at radius 3 is 2.89 bits per heavy atom. The largest absolute Gasteiger partial charge is 0.351 e. The molecule has 1 aromatic rings. The molecule has 0 aromatic carbocycles. The summed E-state index contributed by atoms with van der Waals surface area (Å²) in [6.45, 7) is 10.5. The molecule has 1 heterocycles. The molecule has 1 N–H and O–H groups in total. The zero-order valence-corrected chi connectivity index (χ0v) is 11.2. The number of nitrogens with zero attached hydrogens (tertiary/aromatic N) is 2. The van der Waals surface area contributed by atoms with E-state index in [9.17, 15) is 4.39 Å². The highest BCUT2D eigenvalue weighted by atomic mass is 19.1. The molecule has 0 aliphatic heterocycles. The lowest BCUT2D eigenvalue weighted by atomic mass is 10.2. The summed E-state index contributed by atoms with van der Waals surface area (Å²) in [6.07, 6.45) is 4.46. The van der Waals surface area contributed by atoms with Crippen LogP contribution < -0.4 is 10.2 Å². The van der Waals surface area contributed by atoms with Gasteiger partial charge in [-0.05, 0) is 26.0 Å². The second-order valence-corrected chi connectivity index (χ2v) is 4.11. The highest BCUT2D eigenvalue weighted by molar-refractivity contribution is 5.43. The Labute approximate surface area is 109 Å². The van der Waals surface area contributed by atoms with Gasteiger partial charge in [-0.25, -0.2) is 9.37 Å². The summed E-state index contributed by atoms with van der Waals surface area (Å²) in [5, 5.41) is 3.20. The number of hydrogen-bond donors (Lipinski definition) is 1. The summed E-state index contributed by atoms with van der Waals surface area (Å²) in [7, 11) is 0. The van der Waals surface area contributed by atoms with Crippen molar-refractivity contribution >= 4 is 5.82 Å². The molecule has 0 radical (unpaired) electrons. The van der Waals surface area contributed by atoms with Gasteiger partial charge in [0, 0.05) is 31.4 Å². The molecule has 0 spiro atoms. The monoisotopic (exact) mass is 251 g/mol. The molecule has 0 aliphatic rings. The molecule has 0 atom stereocenters. The molecule has 1 rings (SSSR count). The Balaban J connectivity index is 2.85. The smallest absolute Gasteiger partial charge is 0.170 e. The van der Waals surface area contributed by atoms with Crippen molar-refractivity contribution in [2.75, 3.05) is 24.5 Å². The zero-order chi connectivity index (χ0) is 13.4. The lowest BCUT2D eigenvalue weighted by Crippen LogP contribution is -2.25. The van der Waals surface area contributed by atoms with E-state index >= 15 is 0 Å². The molecule has 0 aliphatic carbocycles. The quantitative estimate of drug-likeness (QED) is 0.569. The zero-order valence-electron chi connectivity index (χ0n) is 11.2. The van der Waals surface area contributed by atoms with Gasteiger partial charge in [-0.3, -0.25) is 0 Å². The maximum atomic E-state index is 14.3. The van der Waals surface area contributed by atoms with Gasteiger partial charge in [0.15, 0.2) is 11.6 Å². The number of aromatic nitrogens is 1. The van der Waals surface area contributed by atoms with Gasteiger partial charge >= 0.3 is 0 Å². The summed E-state index contributed by atoms with van der Waals surface area (Å²) in [5.41, 5.74) is 0.663. The van der Waals surface area contributed by atoms with Crippen molar-refractivity contribution in [3.63, 3.8) is 0 Å². The van der Waals surface area contributed by atoms with Gasteiger partial charge in [0.2, 0.25) is 0 Å². The van der Waals surface area contributed by atoms with Crippen LogP contribution in [-0.2, 0) is 6.54 Å². The highest BCUT2D eigenvalue weighted by Crippen LogP contribution is 2.19. The Bertz CT molecular complexity index is 379. The molecular weight excluding hydrogens is 229 g/mol. The standard InChI is InChI=1S/C14H22FN3/c1-4-8-16-11-12-7-9-17-14(13(12)15)18(6-3)10-5-2/h5,7,9,16H,2,4,6,8,10-11H2,1,3H3. The molecule has 0 amide bonds. The maximum absolute atomic E-state index is 14.3. The van der Waals surface area contributed by atoms with Crippen LogP contribution in [0.1, 0.15) is 25.8 Å². The Kier molecular flexibility index (Phi) is 6.36. The van der Waals surface area contributed by atoms with Gasteiger partial charge in [-0.15, -0.1) is 6.58 Å². The van der Waals surface area contributed by atoms with Crippen molar-refractivity contribution in [2.45, 2.75) is 26.8 Å². The molecule has 100 valence electrons. The van der Waals surface area contributed by atoms with E-state index in [4.69, 9.17) is 0 Å². The molecule has 1 aromatic heterocycles. The van der Waals surface area contributed by atoms with Crippen molar-refractivity contribution in [2.24, 2.45) is 0 Å². The fraction of sp³-hybridized carbons (Fsp3) is 0.500. The van der Waals surface area contributed by atoms with Crippen LogP contribution in [0.15, 0.2) is 24.9 Å². The van der Waals surface area contributed by atoms with Crippen molar-refractivity contribution in [1.82, 2.24) is 10.3 Å². The van der Waals surface area contributed by atoms with Crippen molar-refractivity contribution < 1.29 is 4.39 Å². The van der Waals surface area contributed by atoms with Crippen LogP contribution in [0.5, 0.6) is 0 Å². The van der Waals surface area contributed by atoms with Gasteiger partial charge in [0.25, 0.3) is 0 Å². The van der Waals surface area contributed by atoms with E-state index in [1.165, 1.54) is 0 Å². The summed E-state index contributed by atoms with van der Waals surface area (Å²) < 4.78 is 14.3. The summed E-state index contributed by atoms with van der Waals surface area (Å²) in [6, 6.07) is 1.73. The van der Waals surface area contributed by atoms with E-state index in [1.807, 2.05) is 11.8 Å². The number of halogens is 1. The first-order valence-electron chi connectivity index (χ1n) is 6.44. The molecular formula is C14H22FN3. The molecule has 0 saturated heterocycles. The van der Waals surface area contributed by atoms with Gasteiger partial charge in [-0.1, -0.05) is 13.0 Å². The minimum atomic E-state index is -0.232. The molecule has 0 bridgehead atoms. The first kappa shape index (κ1) is 14.6. The normalized spacial score (nSPS) is 10.4. The van der Waals surface area contributed by atoms with E-state index in [-0.39, 0.29) is 5.82 Å². The first-order chi connectivity index (χ1) is 8.74. The fourth-order valence-corrected chi connectivity index (χ4v) is 1.75. The number of hydrogen-bond acceptors (Lipinski definition) is 3. The van der Waals surface area contributed by atoms with Crippen LogP contribution >= 0.6 is 0 Å². The van der Waals surface area contributed by atoms with Crippen LogP contribution in [0, 0.1) is 5.82 Å². The third kappa shape index (κ3) is 3.81. The Hall–Kier alpha value is -1.42. The molecule has 0 saturated carbocycles. The number of anilines is 1. The predicted molar refractivity (Wildman–Crippen MR) is 74.3 cm³/mol. The molecule has 3 nitrogen and oxygen atoms in total. The number of pyridine rings is 1. The highest BCUT2D eigenvalue weighted by Gasteiger charge is 2.13. The van der Waals surface area contributed by atoms with Crippen LogP contribution in [-0.4, -0.2) is 24.6 Å². The van der Waals surface area contributed by atoms with Crippen LogP contribution in [0.25, 0.3) is 0 Å². The van der Waals surface area contributed by atoms with E-state index in [0.29, 0.717) is 31.0 Å².